The van der Waals surface area contributed by atoms with Crippen molar-refractivity contribution in [1.29, 1.82) is 0 Å². The first-order chi connectivity index (χ1) is 9.69. The molecule has 0 N–H and O–H groups in total. The van der Waals surface area contributed by atoms with Crippen molar-refractivity contribution in [3.05, 3.63) is 35.7 Å². The number of carbonyl (C=O) groups is 2. The number of carbonyl (C=O) groups excluding carboxylic acids is 2. The molecule has 5 heteroatoms. The Morgan fingerprint density at radius 3 is 2.70 bits per heavy atom. The van der Waals surface area contributed by atoms with Gasteiger partial charge in [-0.05, 0) is 31.6 Å². The van der Waals surface area contributed by atoms with Crippen molar-refractivity contribution in [3.8, 4) is 0 Å². The highest BCUT2D eigenvalue weighted by molar-refractivity contribution is 6.21. The van der Waals surface area contributed by atoms with Gasteiger partial charge in [0.25, 0.3) is 0 Å². The molecule has 0 bridgehead atoms. The maximum absolute atomic E-state index is 12.0. The smallest absolute Gasteiger partial charge is 0.341 e. The Kier molecular flexibility index (Phi) is 7.21. The average molecular weight is 277 g/mol. The van der Waals surface area contributed by atoms with E-state index < -0.39 is 11.8 Å². The second-order valence-electron chi connectivity index (χ2n) is 4.01. The lowest BCUT2D eigenvalue weighted by Gasteiger charge is -2.06. The van der Waals surface area contributed by atoms with E-state index >= 15 is 0 Å². The molecule has 1 heterocycles. The fourth-order valence-electron chi connectivity index (χ4n) is 1.46. The van der Waals surface area contributed by atoms with Crippen LogP contribution in [0.3, 0.4) is 0 Å². The summed E-state index contributed by atoms with van der Waals surface area (Å²) < 4.78 is 10.1. The van der Waals surface area contributed by atoms with Crippen LogP contribution in [0.4, 0.5) is 0 Å². The number of esters is 1. The van der Waals surface area contributed by atoms with E-state index in [4.69, 9.17) is 9.47 Å². The fraction of sp³-hybridized carbons (Fsp3) is 0.400. The van der Waals surface area contributed by atoms with Gasteiger partial charge >= 0.3 is 5.97 Å². The molecule has 20 heavy (non-hydrogen) atoms. The zero-order valence-corrected chi connectivity index (χ0v) is 11.8. The number of ether oxygens (including phenoxy) is 2. The predicted octanol–water partition coefficient (Wildman–Crippen LogP) is 2.02. The number of pyridine rings is 1. The van der Waals surface area contributed by atoms with Gasteiger partial charge < -0.3 is 9.47 Å². The van der Waals surface area contributed by atoms with Crippen LogP contribution in [-0.4, -0.2) is 36.6 Å². The second kappa shape index (κ2) is 8.98. The van der Waals surface area contributed by atoms with Gasteiger partial charge in [0.1, 0.15) is 12.2 Å². The number of hydrogen-bond donors (Lipinski definition) is 0. The van der Waals surface area contributed by atoms with Crippen LogP contribution in [-0.2, 0) is 19.1 Å². The molecule has 0 spiro atoms. The van der Waals surface area contributed by atoms with Crippen LogP contribution in [0.15, 0.2) is 30.0 Å². The largest absolute Gasteiger partial charge is 0.462 e. The van der Waals surface area contributed by atoms with Crippen LogP contribution in [0.5, 0.6) is 0 Å². The zero-order valence-electron chi connectivity index (χ0n) is 11.8. The molecule has 1 aromatic rings. The van der Waals surface area contributed by atoms with Gasteiger partial charge in [-0.25, -0.2) is 4.79 Å². The quantitative estimate of drug-likeness (QED) is 0.239. The van der Waals surface area contributed by atoms with Crippen LogP contribution >= 0.6 is 0 Å². The molecule has 0 aliphatic carbocycles. The Balaban J connectivity index is 2.88. The van der Waals surface area contributed by atoms with Gasteiger partial charge in [0.15, 0.2) is 5.78 Å². The molecule has 0 aliphatic rings. The summed E-state index contributed by atoms with van der Waals surface area (Å²) in [5, 5.41) is 0. The SMILES string of the molecule is CCCOCC(=O)/C(=C/c1ccccn1)C(=O)OCC. The summed E-state index contributed by atoms with van der Waals surface area (Å²) in [6.45, 7) is 4.19. The molecule has 0 aliphatic heterocycles. The molecule has 0 saturated heterocycles. The summed E-state index contributed by atoms with van der Waals surface area (Å²) in [5.74, 6) is -1.05. The van der Waals surface area contributed by atoms with E-state index in [9.17, 15) is 9.59 Å². The van der Waals surface area contributed by atoms with E-state index in [1.54, 1.807) is 31.3 Å². The standard InChI is InChI=1S/C15H19NO4/c1-3-9-19-11-14(17)13(15(18)20-4-2)10-12-7-5-6-8-16-12/h5-8,10H,3-4,9,11H2,1-2H3/b13-10-. The molecule has 0 radical (unpaired) electrons. The molecule has 1 rings (SSSR count). The highest BCUT2D eigenvalue weighted by atomic mass is 16.5. The van der Waals surface area contributed by atoms with Gasteiger partial charge in [-0.2, -0.15) is 0 Å². The Morgan fingerprint density at radius 2 is 2.10 bits per heavy atom. The Hall–Kier alpha value is -2.01. The van der Waals surface area contributed by atoms with E-state index in [1.165, 1.54) is 6.08 Å². The number of hydrogen-bond acceptors (Lipinski definition) is 5. The molecular weight excluding hydrogens is 258 g/mol. The van der Waals surface area contributed by atoms with Crippen LogP contribution in [0.1, 0.15) is 26.0 Å². The second-order valence-corrected chi connectivity index (χ2v) is 4.01. The van der Waals surface area contributed by atoms with E-state index in [0.29, 0.717) is 12.3 Å². The number of Topliss-reactive ketones (excluding diaryl/α,β-unsaturated/α-hetero) is 1. The summed E-state index contributed by atoms with van der Waals surface area (Å²) in [7, 11) is 0. The fourth-order valence-corrected chi connectivity index (χ4v) is 1.46. The highest BCUT2D eigenvalue weighted by Gasteiger charge is 2.19. The normalized spacial score (nSPS) is 11.2. The molecule has 1 aromatic heterocycles. The third kappa shape index (κ3) is 5.32. The average Bonchev–Trinajstić information content (AvgIpc) is 2.46. The van der Waals surface area contributed by atoms with Crippen LogP contribution in [0.2, 0.25) is 0 Å². The third-order valence-corrected chi connectivity index (χ3v) is 2.36. The van der Waals surface area contributed by atoms with Crippen molar-refractivity contribution in [3.63, 3.8) is 0 Å². The molecule has 0 unspecified atom stereocenters. The van der Waals surface area contributed by atoms with Crippen molar-refractivity contribution in [1.82, 2.24) is 4.98 Å². The lowest BCUT2D eigenvalue weighted by atomic mass is 10.1. The molecular formula is C15H19NO4. The van der Waals surface area contributed by atoms with Gasteiger partial charge in [-0.15, -0.1) is 0 Å². The van der Waals surface area contributed by atoms with E-state index in [2.05, 4.69) is 4.98 Å². The molecule has 5 nitrogen and oxygen atoms in total. The van der Waals surface area contributed by atoms with Crippen LogP contribution in [0.25, 0.3) is 6.08 Å². The summed E-state index contributed by atoms with van der Waals surface area (Å²) in [6.07, 6.45) is 3.83. The number of aromatic nitrogens is 1. The molecule has 0 atom stereocenters. The summed E-state index contributed by atoms with van der Waals surface area (Å²) in [6, 6.07) is 5.24. The molecule has 0 fully saturated rings. The molecule has 0 aromatic carbocycles. The van der Waals surface area contributed by atoms with Crippen molar-refractivity contribution in [2.24, 2.45) is 0 Å². The van der Waals surface area contributed by atoms with Gasteiger partial charge in [0.05, 0.1) is 12.3 Å². The Morgan fingerprint density at radius 1 is 1.30 bits per heavy atom. The minimum absolute atomic E-state index is 0.0401. The first-order valence-corrected chi connectivity index (χ1v) is 6.59. The van der Waals surface area contributed by atoms with Gasteiger partial charge in [0.2, 0.25) is 0 Å². The lowest BCUT2D eigenvalue weighted by molar-refractivity contribution is -0.140. The predicted molar refractivity (Wildman–Crippen MR) is 75.0 cm³/mol. The van der Waals surface area contributed by atoms with Crippen molar-refractivity contribution < 1.29 is 19.1 Å². The highest BCUT2D eigenvalue weighted by Crippen LogP contribution is 2.08. The Labute approximate surface area is 118 Å². The zero-order chi connectivity index (χ0) is 14.8. The van der Waals surface area contributed by atoms with Gasteiger partial charge in [-0.1, -0.05) is 13.0 Å². The Bertz CT molecular complexity index is 468. The lowest BCUT2D eigenvalue weighted by Crippen LogP contribution is -2.20. The summed E-state index contributed by atoms with van der Waals surface area (Å²) >= 11 is 0. The van der Waals surface area contributed by atoms with Gasteiger partial charge in [0, 0.05) is 12.8 Å². The first kappa shape index (κ1) is 16.0. The number of rotatable bonds is 8. The van der Waals surface area contributed by atoms with E-state index in [-0.39, 0.29) is 18.8 Å². The topological polar surface area (TPSA) is 65.5 Å². The van der Waals surface area contributed by atoms with E-state index in [1.807, 2.05) is 6.92 Å². The minimum atomic E-state index is -0.650. The summed E-state index contributed by atoms with van der Waals surface area (Å²) in [5.41, 5.74) is 0.487. The maximum Gasteiger partial charge on any atom is 0.341 e. The summed E-state index contributed by atoms with van der Waals surface area (Å²) in [4.78, 5) is 27.9. The van der Waals surface area contributed by atoms with Crippen LogP contribution in [0, 0.1) is 0 Å². The van der Waals surface area contributed by atoms with Crippen molar-refractivity contribution in [2.45, 2.75) is 20.3 Å². The molecule has 108 valence electrons. The maximum atomic E-state index is 12.0. The third-order valence-electron chi connectivity index (χ3n) is 2.36. The van der Waals surface area contributed by atoms with Crippen molar-refractivity contribution in [2.75, 3.05) is 19.8 Å². The van der Waals surface area contributed by atoms with E-state index in [0.717, 1.165) is 6.42 Å². The monoisotopic (exact) mass is 277 g/mol. The number of ketones is 1. The minimum Gasteiger partial charge on any atom is -0.462 e. The van der Waals surface area contributed by atoms with Gasteiger partial charge in [-0.3, -0.25) is 9.78 Å². The first-order valence-electron chi connectivity index (χ1n) is 6.59. The molecule has 0 amide bonds. The number of nitrogens with zero attached hydrogens (tertiary/aromatic N) is 1. The molecule has 0 saturated carbocycles. The van der Waals surface area contributed by atoms with Crippen molar-refractivity contribution >= 4 is 17.8 Å². The van der Waals surface area contributed by atoms with Crippen LogP contribution < -0.4 is 0 Å².